The highest BCUT2D eigenvalue weighted by Gasteiger charge is 2.16. The van der Waals surface area contributed by atoms with Crippen LogP contribution in [0, 0.1) is 0 Å². The van der Waals surface area contributed by atoms with Gasteiger partial charge in [-0.05, 0) is 51.9 Å². The zero-order valence-corrected chi connectivity index (χ0v) is 14.4. The standard InChI is InChI=1S/C16H27BrN2/c1-6-15(11-18-16(2,3)4)19(5)12-13-7-9-14(17)10-8-13/h7-10,15,18H,6,11-12H2,1-5H3. The Morgan fingerprint density at radius 3 is 2.26 bits per heavy atom. The van der Waals surface area contributed by atoms with Crippen LogP contribution in [0.1, 0.15) is 39.7 Å². The number of likely N-dealkylation sites (N-methyl/N-ethyl adjacent to an activating group) is 1. The summed E-state index contributed by atoms with van der Waals surface area (Å²) in [5.41, 5.74) is 1.55. The van der Waals surface area contributed by atoms with Crippen LogP contribution in [0.15, 0.2) is 28.7 Å². The van der Waals surface area contributed by atoms with Crippen molar-refractivity contribution in [1.82, 2.24) is 10.2 Å². The molecule has 0 heterocycles. The lowest BCUT2D eigenvalue weighted by Gasteiger charge is -2.31. The maximum atomic E-state index is 3.60. The fraction of sp³-hybridized carbons (Fsp3) is 0.625. The molecule has 0 amide bonds. The van der Waals surface area contributed by atoms with E-state index in [0.717, 1.165) is 24.0 Å². The van der Waals surface area contributed by atoms with Crippen molar-refractivity contribution >= 4 is 15.9 Å². The van der Waals surface area contributed by atoms with Crippen LogP contribution in [0.2, 0.25) is 0 Å². The van der Waals surface area contributed by atoms with E-state index in [2.05, 4.69) is 85.2 Å². The smallest absolute Gasteiger partial charge is 0.0234 e. The average Bonchev–Trinajstić information content (AvgIpc) is 2.31. The minimum atomic E-state index is 0.186. The molecule has 0 spiro atoms. The van der Waals surface area contributed by atoms with Crippen molar-refractivity contribution in [3.05, 3.63) is 34.3 Å². The van der Waals surface area contributed by atoms with Crippen molar-refractivity contribution in [3.8, 4) is 0 Å². The summed E-state index contributed by atoms with van der Waals surface area (Å²) in [6.45, 7) is 10.9. The summed E-state index contributed by atoms with van der Waals surface area (Å²) in [7, 11) is 2.21. The van der Waals surface area contributed by atoms with Gasteiger partial charge in [0.05, 0.1) is 0 Å². The monoisotopic (exact) mass is 326 g/mol. The molecule has 3 heteroatoms. The maximum absolute atomic E-state index is 3.60. The summed E-state index contributed by atoms with van der Waals surface area (Å²) in [5, 5.41) is 3.60. The summed E-state index contributed by atoms with van der Waals surface area (Å²) in [6.07, 6.45) is 1.16. The predicted molar refractivity (Wildman–Crippen MR) is 87.4 cm³/mol. The highest BCUT2D eigenvalue weighted by atomic mass is 79.9. The number of nitrogens with one attached hydrogen (secondary N) is 1. The zero-order valence-electron chi connectivity index (χ0n) is 12.8. The lowest BCUT2D eigenvalue weighted by atomic mass is 10.1. The predicted octanol–water partition coefficient (Wildman–Crippen LogP) is 4.05. The maximum Gasteiger partial charge on any atom is 0.0234 e. The largest absolute Gasteiger partial charge is 0.311 e. The summed E-state index contributed by atoms with van der Waals surface area (Å²) >= 11 is 3.48. The van der Waals surface area contributed by atoms with E-state index in [1.54, 1.807) is 0 Å². The van der Waals surface area contributed by atoms with Gasteiger partial charge in [0.1, 0.15) is 0 Å². The molecule has 0 aliphatic carbocycles. The van der Waals surface area contributed by atoms with Gasteiger partial charge in [0.15, 0.2) is 0 Å². The third-order valence-electron chi connectivity index (χ3n) is 3.31. The molecular formula is C16H27BrN2. The first-order valence-corrected chi connectivity index (χ1v) is 7.81. The quantitative estimate of drug-likeness (QED) is 0.848. The lowest BCUT2D eigenvalue weighted by Crippen LogP contribution is -2.46. The van der Waals surface area contributed by atoms with Crippen molar-refractivity contribution in [3.63, 3.8) is 0 Å². The number of nitrogens with zero attached hydrogens (tertiary/aromatic N) is 1. The fourth-order valence-electron chi connectivity index (χ4n) is 2.04. The molecule has 0 fully saturated rings. The van der Waals surface area contributed by atoms with Gasteiger partial charge in [-0.1, -0.05) is 35.0 Å². The molecule has 19 heavy (non-hydrogen) atoms. The molecule has 1 unspecified atom stereocenters. The number of hydrogen-bond acceptors (Lipinski definition) is 2. The number of hydrogen-bond donors (Lipinski definition) is 1. The SMILES string of the molecule is CCC(CNC(C)(C)C)N(C)Cc1ccc(Br)cc1. The Morgan fingerprint density at radius 2 is 1.79 bits per heavy atom. The molecule has 0 aromatic heterocycles. The van der Waals surface area contributed by atoms with Gasteiger partial charge in [-0.2, -0.15) is 0 Å². The van der Waals surface area contributed by atoms with Crippen molar-refractivity contribution in [2.45, 2.75) is 52.2 Å². The highest BCUT2D eigenvalue weighted by molar-refractivity contribution is 9.10. The van der Waals surface area contributed by atoms with Gasteiger partial charge in [-0.15, -0.1) is 0 Å². The first kappa shape index (κ1) is 16.7. The van der Waals surface area contributed by atoms with E-state index in [1.165, 1.54) is 5.56 Å². The van der Waals surface area contributed by atoms with Crippen LogP contribution < -0.4 is 5.32 Å². The number of halogens is 1. The van der Waals surface area contributed by atoms with Crippen molar-refractivity contribution < 1.29 is 0 Å². The molecular weight excluding hydrogens is 300 g/mol. The van der Waals surface area contributed by atoms with Crippen molar-refractivity contribution in [1.29, 1.82) is 0 Å². The zero-order chi connectivity index (χ0) is 14.5. The molecule has 0 bridgehead atoms. The van der Waals surface area contributed by atoms with E-state index in [1.807, 2.05) is 0 Å². The van der Waals surface area contributed by atoms with Gasteiger partial charge in [0, 0.05) is 29.1 Å². The van der Waals surface area contributed by atoms with Gasteiger partial charge in [0.25, 0.3) is 0 Å². The van der Waals surface area contributed by atoms with Crippen LogP contribution >= 0.6 is 15.9 Å². The normalized spacial score (nSPS) is 13.8. The Morgan fingerprint density at radius 1 is 1.21 bits per heavy atom. The Kier molecular flexibility index (Phi) is 6.51. The van der Waals surface area contributed by atoms with Gasteiger partial charge in [0.2, 0.25) is 0 Å². The molecule has 1 N–H and O–H groups in total. The third kappa shape index (κ3) is 6.55. The molecule has 1 aromatic rings. The summed E-state index contributed by atoms with van der Waals surface area (Å²) in [6, 6.07) is 9.16. The van der Waals surface area contributed by atoms with Gasteiger partial charge < -0.3 is 5.32 Å². The molecule has 1 aromatic carbocycles. The van der Waals surface area contributed by atoms with Gasteiger partial charge in [-0.25, -0.2) is 0 Å². The third-order valence-corrected chi connectivity index (χ3v) is 3.84. The Hall–Kier alpha value is -0.380. The van der Waals surface area contributed by atoms with Crippen LogP contribution in [0.3, 0.4) is 0 Å². The van der Waals surface area contributed by atoms with Crippen molar-refractivity contribution in [2.75, 3.05) is 13.6 Å². The van der Waals surface area contributed by atoms with E-state index in [9.17, 15) is 0 Å². The van der Waals surface area contributed by atoms with Crippen molar-refractivity contribution in [2.24, 2.45) is 0 Å². The summed E-state index contributed by atoms with van der Waals surface area (Å²) in [5.74, 6) is 0. The molecule has 0 saturated carbocycles. The molecule has 0 aliphatic heterocycles. The first-order valence-electron chi connectivity index (χ1n) is 7.01. The van der Waals surface area contributed by atoms with Crippen LogP contribution in [0.4, 0.5) is 0 Å². The fourth-order valence-corrected chi connectivity index (χ4v) is 2.31. The van der Waals surface area contributed by atoms with Crippen LogP contribution in [0.5, 0.6) is 0 Å². The molecule has 1 atom stereocenters. The Labute approximate surface area is 126 Å². The molecule has 0 aliphatic rings. The van der Waals surface area contributed by atoms with E-state index in [4.69, 9.17) is 0 Å². The molecule has 2 nitrogen and oxygen atoms in total. The summed E-state index contributed by atoms with van der Waals surface area (Å²) in [4.78, 5) is 2.43. The highest BCUT2D eigenvalue weighted by Crippen LogP contribution is 2.14. The van der Waals surface area contributed by atoms with E-state index in [-0.39, 0.29) is 5.54 Å². The first-order chi connectivity index (χ1) is 8.81. The topological polar surface area (TPSA) is 15.3 Å². The van der Waals surface area contributed by atoms with Crippen LogP contribution in [0.25, 0.3) is 0 Å². The average molecular weight is 327 g/mol. The lowest BCUT2D eigenvalue weighted by molar-refractivity contribution is 0.208. The molecule has 0 saturated heterocycles. The van der Waals surface area contributed by atoms with E-state index < -0.39 is 0 Å². The van der Waals surface area contributed by atoms with Crippen LogP contribution in [-0.2, 0) is 6.54 Å². The Balaban J connectivity index is 2.53. The second-order valence-electron chi connectivity index (χ2n) is 6.23. The minimum Gasteiger partial charge on any atom is -0.311 e. The molecule has 108 valence electrons. The molecule has 1 rings (SSSR count). The van der Waals surface area contributed by atoms with Gasteiger partial charge >= 0.3 is 0 Å². The number of benzene rings is 1. The minimum absolute atomic E-state index is 0.186. The Bertz CT molecular complexity index is 367. The van der Waals surface area contributed by atoms with E-state index in [0.29, 0.717) is 6.04 Å². The summed E-state index contributed by atoms with van der Waals surface area (Å²) < 4.78 is 1.14. The second kappa shape index (κ2) is 7.41. The van der Waals surface area contributed by atoms with E-state index >= 15 is 0 Å². The van der Waals surface area contributed by atoms with Crippen LogP contribution in [-0.4, -0.2) is 30.1 Å². The van der Waals surface area contributed by atoms with Gasteiger partial charge in [-0.3, -0.25) is 4.90 Å². The molecule has 0 radical (unpaired) electrons. The second-order valence-corrected chi connectivity index (χ2v) is 7.15. The number of rotatable bonds is 6.